The average Bonchev–Trinajstić information content (AvgIpc) is 2.87. The number of halogens is 1. The molecule has 1 aromatic heterocycles. The van der Waals surface area contributed by atoms with Gasteiger partial charge in [-0.1, -0.05) is 55.6 Å². The van der Waals surface area contributed by atoms with Gasteiger partial charge in [-0.05, 0) is 42.7 Å². The van der Waals surface area contributed by atoms with E-state index in [1.807, 2.05) is 12.3 Å². The van der Waals surface area contributed by atoms with E-state index in [9.17, 15) is 0 Å². The van der Waals surface area contributed by atoms with Crippen LogP contribution in [-0.4, -0.2) is 9.81 Å². The Balaban J connectivity index is 2.17. The maximum Gasteiger partial charge on any atom is 0.0443 e. The zero-order valence-corrected chi connectivity index (χ0v) is 14.0. The molecule has 1 heterocycles. The molecule has 0 spiro atoms. The quantitative estimate of drug-likeness (QED) is 0.647. The van der Waals surface area contributed by atoms with Crippen molar-refractivity contribution >= 4 is 15.9 Å². The molecule has 0 N–H and O–H groups in total. The summed E-state index contributed by atoms with van der Waals surface area (Å²) >= 11 is 4.05. The van der Waals surface area contributed by atoms with E-state index in [1.165, 1.54) is 37.8 Å². The Kier molecular flexibility index (Phi) is 5.05. The van der Waals surface area contributed by atoms with Crippen LogP contribution in [-0.2, 0) is 0 Å². The van der Waals surface area contributed by atoms with E-state index >= 15 is 0 Å². The predicted molar refractivity (Wildman–Crippen MR) is 85.7 cm³/mol. The Morgan fingerprint density at radius 2 is 1.89 bits per heavy atom. The van der Waals surface area contributed by atoms with Gasteiger partial charge in [-0.2, -0.15) is 0 Å². The number of rotatable bonds is 5. The minimum atomic E-state index is 0.477. The van der Waals surface area contributed by atoms with Crippen LogP contribution in [0.3, 0.4) is 0 Å². The molecule has 19 heavy (non-hydrogen) atoms. The van der Waals surface area contributed by atoms with Gasteiger partial charge in [-0.25, -0.2) is 0 Å². The van der Waals surface area contributed by atoms with Crippen molar-refractivity contribution in [2.24, 2.45) is 11.3 Å². The van der Waals surface area contributed by atoms with Crippen LogP contribution in [0.15, 0.2) is 24.4 Å². The molecule has 1 aliphatic rings. The Morgan fingerprint density at radius 1 is 1.21 bits per heavy atom. The van der Waals surface area contributed by atoms with Crippen molar-refractivity contribution in [3.63, 3.8) is 0 Å². The molecule has 0 aliphatic heterocycles. The second-order valence-electron chi connectivity index (χ2n) is 6.61. The van der Waals surface area contributed by atoms with E-state index in [2.05, 4.69) is 53.8 Å². The Morgan fingerprint density at radius 3 is 2.42 bits per heavy atom. The number of hydrogen-bond donors (Lipinski definition) is 0. The van der Waals surface area contributed by atoms with Gasteiger partial charge in [-0.3, -0.25) is 4.98 Å². The lowest BCUT2D eigenvalue weighted by Crippen LogP contribution is -2.33. The minimum absolute atomic E-state index is 0.477. The van der Waals surface area contributed by atoms with Crippen molar-refractivity contribution in [2.45, 2.75) is 63.6 Å². The first-order chi connectivity index (χ1) is 9.05. The third kappa shape index (κ3) is 3.39. The van der Waals surface area contributed by atoms with Crippen molar-refractivity contribution in [1.29, 1.82) is 0 Å². The molecule has 2 rings (SSSR count). The van der Waals surface area contributed by atoms with Gasteiger partial charge in [0.25, 0.3) is 0 Å². The van der Waals surface area contributed by atoms with Crippen LogP contribution in [0.5, 0.6) is 0 Å². The van der Waals surface area contributed by atoms with E-state index in [-0.39, 0.29) is 0 Å². The largest absolute Gasteiger partial charge is 0.261 e. The molecule has 1 saturated carbocycles. The number of alkyl halides is 1. The van der Waals surface area contributed by atoms with Crippen molar-refractivity contribution in [2.75, 3.05) is 0 Å². The normalized spacial score (nSPS) is 21.5. The zero-order chi connectivity index (χ0) is 13.9. The fourth-order valence-corrected chi connectivity index (χ4v) is 4.73. The summed E-state index contributed by atoms with van der Waals surface area (Å²) < 4.78 is 0. The van der Waals surface area contributed by atoms with E-state index in [1.54, 1.807) is 0 Å². The summed E-state index contributed by atoms with van der Waals surface area (Å²) in [6.07, 6.45) is 8.78. The highest BCUT2D eigenvalue weighted by Crippen LogP contribution is 2.52. The van der Waals surface area contributed by atoms with E-state index in [0.717, 1.165) is 5.92 Å². The molecule has 106 valence electrons. The molecule has 2 unspecified atom stereocenters. The highest BCUT2D eigenvalue weighted by atomic mass is 79.9. The molecular weight excluding hydrogens is 298 g/mol. The maximum atomic E-state index is 4.55. The third-order valence-corrected chi connectivity index (χ3v) is 6.36. The fraction of sp³-hybridized carbons (Fsp3) is 0.706. The van der Waals surface area contributed by atoms with Crippen LogP contribution in [0, 0.1) is 11.3 Å². The van der Waals surface area contributed by atoms with Crippen LogP contribution in [0.4, 0.5) is 0 Å². The summed E-state index contributed by atoms with van der Waals surface area (Å²) in [4.78, 5) is 5.09. The average molecular weight is 324 g/mol. The summed E-state index contributed by atoms with van der Waals surface area (Å²) in [6.45, 7) is 7.03. The van der Waals surface area contributed by atoms with Gasteiger partial charge in [0.2, 0.25) is 0 Å². The molecule has 1 aromatic rings. The number of aromatic nitrogens is 1. The summed E-state index contributed by atoms with van der Waals surface area (Å²) in [6, 6.07) is 6.26. The molecule has 1 aliphatic carbocycles. The van der Waals surface area contributed by atoms with E-state index in [4.69, 9.17) is 0 Å². The molecule has 1 fully saturated rings. The monoisotopic (exact) mass is 323 g/mol. The molecule has 0 bridgehead atoms. The van der Waals surface area contributed by atoms with Gasteiger partial charge in [0.15, 0.2) is 0 Å². The molecule has 1 nitrogen and oxygen atoms in total. The Bertz CT molecular complexity index is 382. The van der Waals surface area contributed by atoms with Crippen LogP contribution >= 0.6 is 15.9 Å². The van der Waals surface area contributed by atoms with Crippen LogP contribution in [0.2, 0.25) is 0 Å². The minimum Gasteiger partial charge on any atom is -0.261 e. The van der Waals surface area contributed by atoms with E-state index in [0.29, 0.717) is 16.2 Å². The zero-order valence-electron chi connectivity index (χ0n) is 12.4. The highest BCUT2D eigenvalue weighted by Gasteiger charge is 2.43. The second-order valence-corrected chi connectivity index (χ2v) is 7.60. The summed E-state index contributed by atoms with van der Waals surface area (Å²) in [7, 11) is 0. The molecule has 2 heteroatoms. The molecule has 0 aromatic carbocycles. The van der Waals surface area contributed by atoms with Gasteiger partial charge >= 0.3 is 0 Å². The summed E-state index contributed by atoms with van der Waals surface area (Å²) in [5, 5.41) is 0. The Labute approximate surface area is 126 Å². The molecule has 2 atom stereocenters. The van der Waals surface area contributed by atoms with Crippen molar-refractivity contribution in [1.82, 2.24) is 4.98 Å². The molecular formula is C17H26BrN. The van der Waals surface area contributed by atoms with Crippen molar-refractivity contribution in [3.8, 4) is 0 Å². The first-order valence-corrected chi connectivity index (χ1v) is 8.52. The first kappa shape index (κ1) is 15.0. The molecule has 0 amide bonds. The third-order valence-electron chi connectivity index (χ3n) is 4.59. The number of pyridine rings is 1. The van der Waals surface area contributed by atoms with Crippen LogP contribution in [0.1, 0.15) is 64.5 Å². The second kappa shape index (κ2) is 6.39. The number of nitrogens with zero attached hydrogens (tertiary/aromatic N) is 1. The van der Waals surface area contributed by atoms with Gasteiger partial charge in [-0.15, -0.1) is 0 Å². The highest BCUT2D eigenvalue weighted by molar-refractivity contribution is 9.09. The van der Waals surface area contributed by atoms with Crippen LogP contribution in [0.25, 0.3) is 0 Å². The maximum absolute atomic E-state index is 4.55. The van der Waals surface area contributed by atoms with Crippen LogP contribution < -0.4 is 0 Å². The first-order valence-electron chi connectivity index (χ1n) is 7.60. The lowest BCUT2D eigenvalue weighted by Gasteiger charge is -2.39. The van der Waals surface area contributed by atoms with Gasteiger partial charge in [0, 0.05) is 22.6 Å². The molecule has 0 radical (unpaired) electrons. The topological polar surface area (TPSA) is 12.9 Å². The van der Waals surface area contributed by atoms with Crippen molar-refractivity contribution in [3.05, 3.63) is 30.1 Å². The van der Waals surface area contributed by atoms with Gasteiger partial charge < -0.3 is 0 Å². The summed E-state index contributed by atoms with van der Waals surface area (Å²) in [5.41, 5.74) is 1.70. The lowest BCUT2D eigenvalue weighted by molar-refractivity contribution is 0.214. The lowest BCUT2D eigenvalue weighted by atomic mass is 9.72. The number of hydrogen-bond acceptors (Lipinski definition) is 1. The van der Waals surface area contributed by atoms with Gasteiger partial charge in [0.1, 0.15) is 0 Å². The SMILES string of the molecule is CC(C)CC1(C(Br)C(C)c2ccccn2)CCCC1. The molecule has 0 saturated heterocycles. The Hall–Kier alpha value is -0.370. The fourth-order valence-electron chi connectivity index (χ4n) is 3.81. The van der Waals surface area contributed by atoms with Crippen molar-refractivity contribution < 1.29 is 0 Å². The van der Waals surface area contributed by atoms with Gasteiger partial charge in [0.05, 0.1) is 0 Å². The van der Waals surface area contributed by atoms with E-state index < -0.39 is 0 Å². The predicted octanol–water partition coefficient (Wildman–Crippen LogP) is 5.56. The summed E-state index contributed by atoms with van der Waals surface area (Å²) in [5.74, 6) is 1.26. The smallest absolute Gasteiger partial charge is 0.0443 e. The standard InChI is InChI=1S/C17H26BrN/c1-13(2)12-17(9-5-6-10-17)16(18)14(3)15-8-4-7-11-19-15/h4,7-8,11,13-14,16H,5-6,9-10,12H2,1-3H3.